The van der Waals surface area contributed by atoms with Crippen LogP contribution in [-0.4, -0.2) is 40.8 Å². The minimum atomic E-state index is 0.725. The van der Waals surface area contributed by atoms with E-state index < -0.39 is 0 Å². The molecule has 0 radical (unpaired) electrons. The van der Waals surface area contributed by atoms with Crippen molar-refractivity contribution in [3.63, 3.8) is 0 Å². The summed E-state index contributed by atoms with van der Waals surface area (Å²) in [5.74, 6) is 2.28. The summed E-state index contributed by atoms with van der Waals surface area (Å²) in [4.78, 5) is 4.34. The lowest BCUT2D eigenvalue weighted by Crippen LogP contribution is -2.22. The van der Waals surface area contributed by atoms with Gasteiger partial charge in [-0.2, -0.15) is 11.8 Å². The van der Waals surface area contributed by atoms with Crippen LogP contribution in [0.3, 0.4) is 0 Å². The molecule has 1 aliphatic heterocycles. The van der Waals surface area contributed by atoms with Crippen molar-refractivity contribution in [2.75, 3.05) is 31.3 Å². The van der Waals surface area contributed by atoms with Crippen LogP contribution in [0.15, 0.2) is 12.4 Å². The molecule has 2 rings (SSSR count). The first-order valence-electron chi connectivity index (χ1n) is 6.25. The summed E-state index contributed by atoms with van der Waals surface area (Å²) >= 11 is 2.08. The second-order valence-corrected chi connectivity index (χ2v) is 5.71. The van der Waals surface area contributed by atoms with E-state index in [0.29, 0.717) is 0 Å². The number of hydrogen-bond donors (Lipinski definition) is 1. The quantitative estimate of drug-likeness (QED) is 0.846. The molecule has 1 N–H and O–H groups in total. The van der Waals surface area contributed by atoms with Crippen molar-refractivity contribution in [2.45, 2.75) is 31.1 Å². The van der Waals surface area contributed by atoms with Gasteiger partial charge < -0.3 is 14.6 Å². The molecule has 0 spiro atoms. The van der Waals surface area contributed by atoms with Crippen molar-refractivity contribution in [3.8, 4) is 0 Å². The second-order valence-electron chi connectivity index (χ2n) is 4.31. The number of nitrogens with zero attached hydrogens (tertiary/aromatic N) is 2. The van der Waals surface area contributed by atoms with Crippen LogP contribution >= 0.6 is 11.8 Å². The maximum absolute atomic E-state index is 5.08. The second kappa shape index (κ2) is 6.91. The van der Waals surface area contributed by atoms with E-state index in [2.05, 4.69) is 26.6 Å². The Balaban J connectivity index is 1.79. The van der Waals surface area contributed by atoms with E-state index in [1.807, 2.05) is 12.4 Å². The molecule has 0 amide bonds. The van der Waals surface area contributed by atoms with Gasteiger partial charge >= 0.3 is 0 Å². The molecule has 0 bridgehead atoms. The van der Waals surface area contributed by atoms with E-state index in [1.54, 1.807) is 7.11 Å². The zero-order valence-electron chi connectivity index (χ0n) is 10.4. The third-order valence-corrected chi connectivity index (χ3v) is 4.41. The normalized spacial score (nSPS) is 20.4. The molecule has 0 aromatic carbocycles. The van der Waals surface area contributed by atoms with Crippen molar-refractivity contribution in [2.24, 2.45) is 0 Å². The number of thioether (sulfide) groups is 1. The summed E-state index contributed by atoms with van der Waals surface area (Å²) in [5, 5.41) is 4.19. The number of anilines is 1. The Morgan fingerprint density at radius 3 is 3.29 bits per heavy atom. The number of rotatable bonds is 6. The predicted molar refractivity (Wildman–Crippen MR) is 72.7 cm³/mol. The molecule has 1 fully saturated rings. The van der Waals surface area contributed by atoms with Crippen LogP contribution in [0.2, 0.25) is 0 Å². The molecule has 1 atom stereocenters. The van der Waals surface area contributed by atoms with Gasteiger partial charge in [0, 0.05) is 37.8 Å². The molecule has 1 aromatic rings. The summed E-state index contributed by atoms with van der Waals surface area (Å²) in [6, 6.07) is 0. The highest BCUT2D eigenvalue weighted by atomic mass is 32.2. The summed E-state index contributed by atoms with van der Waals surface area (Å²) < 4.78 is 7.19. The lowest BCUT2D eigenvalue weighted by molar-refractivity contribution is 0.187. The predicted octanol–water partition coefficient (Wildman–Crippen LogP) is 2.23. The smallest absolute Gasteiger partial charge is 0.202 e. The van der Waals surface area contributed by atoms with Gasteiger partial charge in [0.05, 0.1) is 6.61 Å². The summed E-state index contributed by atoms with van der Waals surface area (Å²) in [6.45, 7) is 2.61. The SMILES string of the molecule is COCCn1ccnc1NCC1CCCCS1. The van der Waals surface area contributed by atoms with Crippen LogP contribution in [0.1, 0.15) is 19.3 Å². The van der Waals surface area contributed by atoms with Crippen LogP contribution < -0.4 is 5.32 Å². The largest absolute Gasteiger partial charge is 0.383 e. The number of methoxy groups -OCH3 is 1. The summed E-state index contributed by atoms with van der Waals surface area (Å²) in [5.41, 5.74) is 0. The molecule has 5 heteroatoms. The Bertz CT molecular complexity index is 323. The first kappa shape index (κ1) is 12.8. The van der Waals surface area contributed by atoms with Crippen LogP contribution in [0.25, 0.3) is 0 Å². The van der Waals surface area contributed by atoms with E-state index in [4.69, 9.17) is 4.74 Å². The van der Waals surface area contributed by atoms with Gasteiger partial charge in [0.2, 0.25) is 5.95 Å². The van der Waals surface area contributed by atoms with Gasteiger partial charge in [-0.1, -0.05) is 6.42 Å². The molecule has 1 aromatic heterocycles. The van der Waals surface area contributed by atoms with E-state index in [0.717, 1.165) is 30.9 Å². The highest BCUT2D eigenvalue weighted by Gasteiger charge is 2.14. The third kappa shape index (κ3) is 3.92. The molecular formula is C12H21N3OS. The zero-order valence-corrected chi connectivity index (χ0v) is 11.2. The standard InChI is InChI=1S/C12H21N3OS/c1-16-8-7-15-6-5-13-12(15)14-10-11-4-2-3-9-17-11/h5-6,11H,2-4,7-10H2,1H3,(H,13,14). The average Bonchev–Trinajstić information content (AvgIpc) is 2.82. The van der Waals surface area contributed by atoms with Gasteiger partial charge in [-0.25, -0.2) is 4.98 Å². The van der Waals surface area contributed by atoms with Gasteiger partial charge in [0.15, 0.2) is 0 Å². The Kier molecular flexibility index (Phi) is 5.19. The van der Waals surface area contributed by atoms with E-state index in [9.17, 15) is 0 Å². The maximum Gasteiger partial charge on any atom is 0.202 e. The van der Waals surface area contributed by atoms with Gasteiger partial charge in [-0.05, 0) is 18.6 Å². The summed E-state index contributed by atoms with van der Waals surface area (Å²) in [7, 11) is 1.72. The monoisotopic (exact) mass is 255 g/mol. The fourth-order valence-electron chi connectivity index (χ4n) is 2.02. The summed E-state index contributed by atoms with van der Waals surface area (Å²) in [6.07, 6.45) is 7.92. The molecule has 0 aliphatic carbocycles. The van der Waals surface area contributed by atoms with E-state index in [-0.39, 0.29) is 0 Å². The van der Waals surface area contributed by atoms with Crippen LogP contribution in [0.4, 0.5) is 5.95 Å². The topological polar surface area (TPSA) is 39.1 Å². The number of ether oxygens (including phenoxy) is 1. The van der Waals surface area contributed by atoms with Gasteiger partial charge in [-0.15, -0.1) is 0 Å². The maximum atomic E-state index is 5.08. The van der Waals surface area contributed by atoms with Crippen molar-refractivity contribution in [1.82, 2.24) is 9.55 Å². The Hall–Kier alpha value is -0.680. The van der Waals surface area contributed by atoms with Crippen molar-refractivity contribution >= 4 is 17.7 Å². The Morgan fingerprint density at radius 2 is 2.53 bits per heavy atom. The number of nitrogens with one attached hydrogen (secondary N) is 1. The highest BCUT2D eigenvalue weighted by Crippen LogP contribution is 2.25. The Labute approximate surface area is 107 Å². The molecule has 1 saturated heterocycles. The first-order chi connectivity index (χ1) is 8.40. The van der Waals surface area contributed by atoms with Crippen LogP contribution in [0.5, 0.6) is 0 Å². The van der Waals surface area contributed by atoms with Gasteiger partial charge in [0.1, 0.15) is 0 Å². The molecule has 1 aliphatic rings. The average molecular weight is 255 g/mol. The van der Waals surface area contributed by atoms with Crippen LogP contribution in [-0.2, 0) is 11.3 Å². The first-order valence-corrected chi connectivity index (χ1v) is 7.30. The van der Waals surface area contributed by atoms with E-state index >= 15 is 0 Å². The highest BCUT2D eigenvalue weighted by molar-refractivity contribution is 7.99. The number of hydrogen-bond acceptors (Lipinski definition) is 4. The number of aromatic nitrogens is 2. The molecular weight excluding hydrogens is 234 g/mol. The van der Waals surface area contributed by atoms with Crippen molar-refractivity contribution in [1.29, 1.82) is 0 Å². The third-order valence-electron chi connectivity index (χ3n) is 3.01. The fourth-order valence-corrected chi connectivity index (χ4v) is 3.26. The molecule has 1 unspecified atom stereocenters. The fraction of sp³-hybridized carbons (Fsp3) is 0.750. The minimum absolute atomic E-state index is 0.725. The van der Waals surface area contributed by atoms with E-state index in [1.165, 1.54) is 25.0 Å². The molecule has 2 heterocycles. The minimum Gasteiger partial charge on any atom is -0.383 e. The lowest BCUT2D eigenvalue weighted by atomic mass is 10.2. The molecule has 17 heavy (non-hydrogen) atoms. The number of imidazole rings is 1. The van der Waals surface area contributed by atoms with Crippen molar-refractivity contribution < 1.29 is 4.74 Å². The van der Waals surface area contributed by atoms with Crippen LogP contribution in [0, 0.1) is 0 Å². The lowest BCUT2D eigenvalue weighted by Gasteiger charge is -2.21. The van der Waals surface area contributed by atoms with Crippen molar-refractivity contribution in [3.05, 3.63) is 12.4 Å². The Morgan fingerprint density at radius 1 is 1.59 bits per heavy atom. The molecule has 0 saturated carbocycles. The molecule has 96 valence electrons. The zero-order chi connectivity index (χ0) is 11.9. The molecule has 4 nitrogen and oxygen atoms in total. The van der Waals surface area contributed by atoms with Gasteiger partial charge in [-0.3, -0.25) is 0 Å². The van der Waals surface area contributed by atoms with Gasteiger partial charge in [0.25, 0.3) is 0 Å².